The Morgan fingerprint density at radius 1 is 1.16 bits per heavy atom. The number of nitrogens with zero attached hydrogens (tertiary/aromatic N) is 2. The summed E-state index contributed by atoms with van der Waals surface area (Å²) in [5.41, 5.74) is 4.32. The maximum absolute atomic E-state index is 4.48. The molecule has 2 heterocycles. The first kappa shape index (κ1) is 12.4. The molecular weight excluding hydrogens is 302 g/mol. The summed E-state index contributed by atoms with van der Waals surface area (Å²) in [7, 11) is 0. The highest BCUT2D eigenvalue weighted by atomic mass is 79.9. The molecule has 0 spiro atoms. The number of rotatable bonds is 2. The maximum atomic E-state index is 4.48. The van der Waals surface area contributed by atoms with Crippen molar-refractivity contribution in [3.8, 4) is 11.3 Å². The highest BCUT2D eigenvalue weighted by Crippen LogP contribution is 2.33. The SMILES string of the molecule is CC(C)c1cc(Br)ccc1-c1ncnc2[nH]ccc12. The van der Waals surface area contributed by atoms with Gasteiger partial charge >= 0.3 is 0 Å². The van der Waals surface area contributed by atoms with Crippen molar-refractivity contribution in [2.45, 2.75) is 19.8 Å². The van der Waals surface area contributed by atoms with E-state index in [1.165, 1.54) is 11.1 Å². The van der Waals surface area contributed by atoms with Crippen LogP contribution in [0.15, 0.2) is 41.3 Å². The van der Waals surface area contributed by atoms with E-state index < -0.39 is 0 Å². The average Bonchev–Trinajstić information content (AvgIpc) is 2.86. The lowest BCUT2D eigenvalue weighted by atomic mass is 9.94. The Hall–Kier alpha value is -1.68. The summed E-state index contributed by atoms with van der Waals surface area (Å²) in [4.78, 5) is 11.8. The first-order valence-electron chi connectivity index (χ1n) is 6.24. The molecule has 0 atom stereocenters. The van der Waals surface area contributed by atoms with Crippen molar-refractivity contribution in [2.24, 2.45) is 0 Å². The number of aromatic nitrogens is 3. The van der Waals surface area contributed by atoms with Crippen LogP contribution in [0.3, 0.4) is 0 Å². The van der Waals surface area contributed by atoms with Crippen LogP contribution in [-0.2, 0) is 0 Å². The molecule has 0 aliphatic rings. The van der Waals surface area contributed by atoms with E-state index in [-0.39, 0.29) is 0 Å². The van der Waals surface area contributed by atoms with Crippen molar-refractivity contribution in [3.05, 3.63) is 46.8 Å². The van der Waals surface area contributed by atoms with Crippen molar-refractivity contribution < 1.29 is 0 Å². The van der Waals surface area contributed by atoms with Crippen LogP contribution in [-0.4, -0.2) is 15.0 Å². The van der Waals surface area contributed by atoms with Crippen molar-refractivity contribution in [2.75, 3.05) is 0 Å². The fraction of sp³-hybridized carbons (Fsp3) is 0.200. The molecule has 0 aliphatic carbocycles. The number of H-pyrrole nitrogens is 1. The van der Waals surface area contributed by atoms with Crippen LogP contribution >= 0.6 is 15.9 Å². The van der Waals surface area contributed by atoms with E-state index in [2.05, 4.69) is 62.9 Å². The van der Waals surface area contributed by atoms with Gasteiger partial charge in [-0.25, -0.2) is 9.97 Å². The van der Waals surface area contributed by atoms with Crippen LogP contribution in [0.4, 0.5) is 0 Å². The van der Waals surface area contributed by atoms with Crippen LogP contribution in [0.1, 0.15) is 25.3 Å². The zero-order valence-electron chi connectivity index (χ0n) is 10.8. The van der Waals surface area contributed by atoms with Gasteiger partial charge in [0.2, 0.25) is 0 Å². The van der Waals surface area contributed by atoms with E-state index in [4.69, 9.17) is 0 Å². The molecule has 1 N–H and O–H groups in total. The van der Waals surface area contributed by atoms with Gasteiger partial charge in [-0.15, -0.1) is 0 Å². The molecule has 19 heavy (non-hydrogen) atoms. The van der Waals surface area contributed by atoms with E-state index in [1.807, 2.05) is 12.3 Å². The van der Waals surface area contributed by atoms with Crippen LogP contribution in [0.5, 0.6) is 0 Å². The van der Waals surface area contributed by atoms with Gasteiger partial charge in [-0.1, -0.05) is 35.8 Å². The third kappa shape index (κ3) is 2.16. The lowest BCUT2D eigenvalue weighted by Gasteiger charge is -2.13. The van der Waals surface area contributed by atoms with Gasteiger partial charge in [0.25, 0.3) is 0 Å². The Balaban J connectivity index is 2.30. The van der Waals surface area contributed by atoms with Gasteiger partial charge in [0.05, 0.1) is 5.69 Å². The Labute approximate surface area is 120 Å². The first-order chi connectivity index (χ1) is 9.16. The Morgan fingerprint density at radius 2 is 2.00 bits per heavy atom. The van der Waals surface area contributed by atoms with Gasteiger partial charge in [0.1, 0.15) is 12.0 Å². The van der Waals surface area contributed by atoms with Gasteiger partial charge < -0.3 is 4.98 Å². The summed E-state index contributed by atoms with van der Waals surface area (Å²) in [6.45, 7) is 4.39. The highest BCUT2D eigenvalue weighted by molar-refractivity contribution is 9.10. The lowest BCUT2D eigenvalue weighted by molar-refractivity contribution is 0.867. The van der Waals surface area contributed by atoms with Crippen LogP contribution in [0, 0.1) is 0 Å². The van der Waals surface area contributed by atoms with Crippen LogP contribution < -0.4 is 0 Å². The third-order valence-electron chi connectivity index (χ3n) is 3.24. The van der Waals surface area contributed by atoms with Gasteiger partial charge in [-0.05, 0) is 29.7 Å². The molecule has 3 rings (SSSR count). The molecule has 0 radical (unpaired) electrons. The van der Waals surface area contributed by atoms with Crippen LogP contribution in [0.2, 0.25) is 0 Å². The van der Waals surface area contributed by atoms with Crippen molar-refractivity contribution in [1.29, 1.82) is 0 Å². The van der Waals surface area contributed by atoms with E-state index in [9.17, 15) is 0 Å². The summed E-state index contributed by atoms with van der Waals surface area (Å²) >= 11 is 3.54. The quantitative estimate of drug-likeness (QED) is 0.756. The van der Waals surface area contributed by atoms with E-state index in [1.54, 1.807) is 6.33 Å². The molecule has 0 unspecified atom stereocenters. The van der Waals surface area contributed by atoms with E-state index >= 15 is 0 Å². The molecule has 0 amide bonds. The molecule has 2 aromatic heterocycles. The molecule has 1 aromatic carbocycles. The molecule has 4 heteroatoms. The monoisotopic (exact) mass is 315 g/mol. The molecule has 0 bridgehead atoms. The summed E-state index contributed by atoms with van der Waals surface area (Å²) < 4.78 is 1.10. The average molecular weight is 316 g/mol. The zero-order valence-corrected chi connectivity index (χ0v) is 12.4. The molecule has 3 aromatic rings. The molecule has 0 saturated carbocycles. The second kappa shape index (κ2) is 4.78. The van der Waals surface area contributed by atoms with E-state index in [0.717, 1.165) is 21.2 Å². The fourth-order valence-electron chi connectivity index (χ4n) is 2.31. The summed E-state index contributed by atoms with van der Waals surface area (Å²) in [5, 5.41) is 1.06. The minimum absolute atomic E-state index is 0.441. The first-order valence-corrected chi connectivity index (χ1v) is 7.04. The maximum Gasteiger partial charge on any atom is 0.141 e. The van der Waals surface area contributed by atoms with Gasteiger partial charge in [0, 0.05) is 21.6 Å². The number of benzene rings is 1. The predicted molar refractivity (Wildman–Crippen MR) is 81.1 cm³/mol. The molecule has 0 aliphatic heterocycles. The lowest BCUT2D eigenvalue weighted by Crippen LogP contribution is -1.95. The Morgan fingerprint density at radius 3 is 2.79 bits per heavy atom. The molecular formula is C15H14BrN3. The van der Waals surface area contributed by atoms with Gasteiger partial charge in [-0.3, -0.25) is 0 Å². The normalized spacial score (nSPS) is 11.4. The largest absolute Gasteiger partial charge is 0.346 e. The number of halogens is 1. The highest BCUT2D eigenvalue weighted by Gasteiger charge is 2.13. The van der Waals surface area contributed by atoms with E-state index in [0.29, 0.717) is 5.92 Å². The van der Waals surface area contributed by atoms with Crippen LogP contribution in [0.25, 0.3) is 22.3 Å². The topological polar surface area (TPSA) is 41.6 Å². The standard InChI is InChI=1S/C15H14BrN3/c1-9(2)13-7-10(16)3-4-11(13)14-12-5-6-17-15(12)19-8-18-14/h3-9H,1-2H3,(H,17,18,19). The Bertz CT molecular complexity index is 731. The van der Waals surface area contributed by atoms with Crippen molar-refractivity contribution in [1.82, 2.24) is 15.0 Å². The number of fused-ring (bicyclic) bond motifs is 1. The van der Waals surface area contributed by atoms with Crippen molar-refractivity contribution >= 4 is 27.0 Å². The molecule has 3 nitrogen and oxygen atoms in total. The van der Waals surface area contributed by atoms with Crippen molar-refractivity contribution in [3.63, 3.8) is 0 Å². The van der Waals surface area contributed by atoms with Gasteiger partial charge in [0.15, 0.2) is 0 Å². The third-order valence-corrected chi connectivity index (χ3v) is 3.74. The minimum atomic E-state index is 0.441. The van der Waals surface area contributed by atoms with Gasteiger partial charge in [-0.2, -0.15) is 0 Å². The zero-order chi connectivity index (χ0) is 13.4. The molecule has 0 fully saturated rings. The second-order valence-corrected chi connectivity index (χ2v) is 5.76. The summed E-state index contributed by atoms with van der Waals surface area (Å²) in [6, 6.07) is 8.37. The molecule has 0 saturated heterocycles. The predicted octanol–water partition coefficient (Wildman–Crippen LogP) is 4.51. The second-order valence-electron chi connectivity index (χ2n) is 4.85. The number of nitrogens with one attached hydrogen (secondary N) is 1. The smallest absolute Gasteiger partial charge is 0.141 e. The number of aromatic amines is 1. The fourth-order valence-corrected chi connectivity index (χ4v) is 2.69. The number of hydrogen-bond donors (Lipinski definition) is 1. The minimum Gasteiger partial charge on any atom is -0.346 e. The summed E-state index contributed by atoms with van der Waals surface area (Å²) in [6.07, 6.45) is 3.51. The Kier molecular flexibility index (Phi) is 3.11. The molecule has 96 valence electrons. The number of hydrogen-bond acceptors (Lipinski definition) is 2. The summed E-state index contributed by atoms with van der Waals surface area (Å²) in [5.74, 6) is 0.441.